The van der Waals surface area contributed by atoms with Crippen molar-refractivity contribution in [2.75, 3.05) is 7.11 Å². The van der Waals surface area contributed by atoms with Gasteiger partial charge in [0.25, 0.3) is 0 Å². The molecule has 0 atom stereocenters. The molecule has 0 saturated heterocycles. The van der Waals surface area contributed by atoms with Crippen molar-refractivity contribution >= 4 is 15.9 Å². The largest absolute Gasteiger partial charge is 0.496 e. The molecule has 0 fully saturated rings. The van der Waals surface area contributed by atoms with Gasteiger partial charge >= 0.3 is 0 Å². The molecule has 82 valence electrons. The molecule has 2 aromatic rings. The zero-order valence-corrected chi connectivity index (χ0v) is 10.9. The molecule has 0 aliphatic heterocycles. The van der Waals surface area contributed by atoms with Crippen LogP contribution in [0.25, 0.3) is 11.1 Å². The summed E-state index contributed by atoms with van der Waals surface area (Å²) in [6.45, 7) is 2.09. The van der Waals surface area contributed by atoms with E-state index in [-0.39, 0.29) is 0 Å². The van der Waals surface area contributed by atoms with Gasteiger partial charge in [0.1, 0.15) is 5.75 Å². The molecule has 0 aliphatic carbocycles. The van der Waals surface area contributed by atoms with Crippen LogP contribution in [0.4, 0.5) is 0 Å². The summed E-state index contributed by atoms with van der Waals surface area (Å²) in [6, 6.07) is 14.5. The van der Waals surface area contributed by atoms with Crippen molar-refractivity contribution in [2.45, 2.75) is 6.92 Å². The molecular formula is C14H13BrO. The highest BCUT2D eigenvalue weighted by Crippen LogP contribution is 2.31. The molecule has 0 spiro atoms. The number of halogens is 1. The fourth-order valence-electron chi connectivity index (χ4n) is 1.68. The minimum Gasteiger partial charge on any atom is -0.496 e. The molecule has 0 aromatic heterocycles. The summed E-state index contributed by atoms with van der Waals surface area (Å²) in [5.41, 5.74) is 3.54. The van der Waals surface area contributed by atoms with Crippen LogP contribution in [0.3, 0.4) is 0 Å². The number of ether oxygens (including phenoxy) is 1. The summed E-state index contributed by atoms with van der Waals surface area (Å²) in [7, 11) is 1.70. The van der Waals surface area contributed by atoms with Crippen molar-refractivity contribution in [2.24, 2.45) is 0 Å². The molecule has 16 heavy (non-hydrogen) atoms. The van der Waals surface area contributed by atoms with Crippen molar-refractivity contribution < 1.29 is 4.74 Å². The summed E-state index contributed by atoms with van der Waals surface area (Å²) in [5.74, 6) is 0.910. The molecule has 0 amide bonds. The molecule has 0 N–H and O–H groups in total. The lowest BCUT2D eigenvalue weighted by Gasteiger charge is -2.09. The lowest BCUT2D eigenvalue weighted by Crippen LogP contribution is -1.88. The van der Waals surface area contributed by atoms with Gasteiger partial charge in [-0.1, -0.05) is 39.7 Å². The van der Waals surface area contributed by atoms with E-state index in [9.17, 15) is 0 Å². The van der Waals surface area contributed by atoms with Crippen molar-refractivity contribution in [3.05, 3.63) is 52.5 Å². The molecule has 0 bridgehead atoms. The topological polar surface area (TPSA) is 9.23 Å². The van der Waals surface area contributed by atoms with Crippen LogP contribution in [0.2, 0.25) is 0 Å². The second-order valence-electron chi connectivity index (χ2n) is 3.71. The molecule has 0 unspecified atom stereocenters. The summed E-state index contributed by atoms with van der Waals surface area (Å²) in [4.78, 5) is 0. The summed E-state index contributed by atoms with van der Waals surface area (Å²) < 4.78 is 6.46. The summed E-state index contributed by atoms with van der Waals surface area (Å²) in [5, 5.41) is 0. The number of hydrogen-bond acceptors (Lipinski definition) is 1. The van der Waals surface area contributed by atoms with E-state index in [0.29, 0.717) is 0 Å². The third-order valence-electron chi connectivity index (χ3n) is 2.51. The number of rotatable bonds is 2. The SMILES string of the molecule is COc1ccc(C)cc1-c1ccc(Br)cc1. The molecular weight excluding hydrogens is 264 g/mol. The lowest BCUT2D eigenvalue weighted by atomic mass is 10.0. The zero-order chi connectivity index (χ0) is 11.5. The van der Waals surface area contributed by atoms with Gasteiger partial charge in [0, 0.05) is 10.0 Å². The van der Waals surface area contributed by atoms with Crippen LogP contribution in [0.15, 0.2) is 46.9 Å². The number of hydrogen-bond donors (Lipinski definition) is 0. The van der Waals surface area contributed by atoms with E-state index < -0.39 is 0 Å². The molecule has 1 nitrogen and oxygen atoms in total. The number of methoxy groups -OCH3 is 1. The van der Waals surface area contributed by atoms with Gasteiger partial charge in [0.05, 0.1) is 7.11 Å². The second-order valence-corrected chi connectivity index (χ2v) is 4.63. The Labute approximate surface area is 104 Å². The van der Waals surface area contributed by atoms with Gasteiger partial charge in [-0.05, 0) is 36.8 Å². The van der Waals surface area contributed by atoms with Gasteiger partial charge in [0.15, 0.2) is 0 Å². The maximum atomic E-state index is 5.37. The van der Waals surface area contributed by atoms with E-state index in [2.05, 4.69) is 47.1 Å². The predicted octanol–water partition coefficient (Wildman–Crippen LogP) is 4.43. The second kappa shape index (κ2) is 4.71. The van der Waals surface area contributed by atoms with Gasteiger partial charge < -0.3 is 4.74 Å². The fraction of sp³-hybridized carbons (Fsp3) is 0.143. The van der Waals surface area contributed by atoms with Gasteiger partial charge in [0.2, 0.25) is 0 Å². The molecule has 2 rings (SSSR count). The van der Waals surface area contributed by atoms with Crippen LogP contribution in [0, 0.1) is 6.92 Å². The molecule has 2 heteroatoms. The Kier molecular flexibility index (Phi) is 3.30. The molecule has 0 radical (unpaired) electrons. The van der Waals surface area contributed by atoms with Crippen molar-refractivity contribution in [1.82, 2.24) is 0 Å². The maximum absolute atomic E-state index is 5.37. The van der Waals surface area contributed by atoms with Gasteiger partial charge in [-0.2, -0.15) is 0 Å². The fourth-order valence-corrected chi connectivity index (χ4v) is 1.94. The highest BCUT2D eigenvalue weighted by atomic mass is 79.9. The molecule has 0 saturated carbocycles. The third-order valence-corrected chi connectivity index (χ3v) is 3.04. The van der Waals surface area contributed by atoms with Crippen molar-refractivity contribution in [1.29, 1.82) is 0 Å². The van der Waals surface area contributed by atoms with E-state index in [1.165, 1.54) is 11.1 Å². The highest BCUT2D eigenvalue weighted by molar-refractivity contribution is 9.10. The predicted molar refractivity (Wildman–Crippen MR) is 70.9 cm³/mol. The van der Waals surface area contributed by atoms with Crippen LogP contribution in [0.5, 0.6) is 5.75 Å². The smallest absolute Gasteiger partial charge is 0.126 e. The van der Waals surface area contributed by atoms with E-state index in [0.717, 1.165) is 15.8 Å². The third kappa shape index (κ3) is 2.27. The average Bonchev–Trinajstić information content (AvgIpc) is 2.30. The Hall–Kier alpha value is -1.28. The minimum atomic E-state index is 0.910. The van der Waals surface area contributed by atoms with Gasteiger partial charge in [-0.25, -0.2) is 0 Å². The number of benzene rings is 2. The Morgan fingerprint density at radius 2 is 1.69 bits per heavy atom. The minimum absolute atomic E-state index is 0.910. The molecule has 2 aromatic carbocycles. The molecule has 0 heterocycles. The van der Waals surface area contributed by atoms with Gasteiger partial charge in [-0.15, -0.1) is 0 Å². The zero-order valence-electron chi connectivity index (χ0n) is 9.33. The Morgan fingerprint density at radius 3 is 2.31 bits per heavy atom. The molecule has 0 aliphatic rings. The van der Waals surface area contributed by atoms with E-state index in [4.69, 9.17) is 4.74 Å². The first-order valence-corrected chi connectivity index (χ1v) is 5.90. The van der Waals surface area contributed by atoms with Crippen molar-refractivity contribution in [3.8, 4) is 16.9 Å². The first-order valence-electron chi connectivity index (χ1n) is 5.11. The van der Waals surface area contributed by atoms with E-state index in [1.54, 1.807) is 7.11 Å². The van der Waals surface area contributed by atoms with Crippen molar-refractivity contribution in [3.63, 3.8) is 0 Å². The van der Waals surface area contributed by atoms with Crippen LogP contribution >= 0.6 is 15.9 Å². The quantitative estimate of drug-likeness (QED) is 0.788. The maximum Gasteiger partial charge on any atom is 0.126 e. The first kappa shape index (κ1) is 11.2. The monoisotopic (exact) mass is 276 g/mol. The Bertz CT molecular complexity index is 489. The van der Waals surface area contributed by atoms with Crippen LogP contribution in [-0.2, 0) is 0 Å². The van der Waals surface area contributed by atoms with E-state index in [1.807, 2.05) is 18.2 Å². The van der Waals surface area contributed by atoms with Crippen LogP contribution in [0.1, 0.15) is 5.56 Å². The average molecular weight is 277 g/mol. The van der Waals surface area contributed by atoms with Gasteiger partial charge in [-0.3, -0.25) is 0 Å². The highest BCUT2D eigenvalue weighted by Gasteiger charge is 2.05. The summed E-state index contributed by atoms with van der Waals surface area (Å²) >= 11 is 3.44. The Morgan fingerprint density at radius 1 is 1.00 bits per heavy atom. The Balaban J connectivity index is 2.53. The van der Waals surface area contributed by atoms with Crippen LogP contribution < -0.4 is 4.74 Å². The normalized spacial score (nSPS) is 10.2. The first-order chi connectivity index (χ1) is 7.70. The lowest BCUT2D eigenvalue weighted by molar-refractivity contribution is 0.416. The standard InChI is InChI=1S/C14H13BrO/c1-10-3-8-14(16-2)13(9-10)11-4-6-12(15)7-5-11/h3-9H,1-2H3. The van der Waals surface area contributed by atoms with Crippen LogP contribution in [-0.4, -0.2) is 7.11 Å². The summed E-state index contributed by atoms with van der Waals surface area (Å²) in [6.07, 6.45) is 0. The number of aryl methyl sites for hydroxylation is 1. The van der Waals surface area contributed by atoms with E-state index >= 15 is 0 Å².